The first-order chi connectivity index (χ1) is 9.75. The second-order valence-electron chi connectivity index (χ2n) is 4.51. The van der Waals surface area contributed by atoms with E-state index in [0.29, 0.717) is 5.76 Å². The van der Waals surface area contributed by atoms with Crippen LogP contribution in [0, 0.1) is 6.92 Å². The summed E-state index contributed by atoms with van der Waals surface area (Å²) in [6, 6.07) is 0.420. The first-order valence-electron chi connectivity index (χ1n) is 6.24. The Labute approximate surface area is 118 Å². The van der Waals surface area contributed by atoms with E-state index in [0.717, 1.165) is 0 Å². The number of aryl methyl sites for hydroxylation is 1. The summed E-state index contributed by atoms with van der Waals surface area (Å²) in [6.45, 7) is 3.21. The van der Waals surface area contributed by atoms with E-state index in [1.165, 1.54) is 19.1 Å². The topological polar surface area (TPSA) is 71.7 Å². The number of aliphatic hydroxyl groups is 1. The SMILES string of the molecule is CCOC1=C(N[C@H](c2ccc(C)o2)C(F)(F)F)C(O)C1=O. The van der Waals surface area contributed by atoms with Crippen LogP contribution in [-0.2, 0) is 9.53 Å². The molecule has 2 rings (SSSR count). The molecule has 1 aliphatic rings. The van der Waals surface area contributed by atoms with E-state index in [1.807, 2.05) is 0 Å². The number of nitrogens with one attached hydrogen (secondary N) is 1. The van der Waals surface area contributed by atoms with Crippen LogP contribution in [-0.4, -0.2) is 29.8 Å². The van der Waals surface area contributed by atoms with Crippen LogP contribution in [0.25, 0.3) is 0 Å². The van der Waals surface area contributed by atoms with Crippen LogP contribution in [0.15, 0.2) is 28.0 Å². The fourth-order valence-electron chi connectivity index (χ4n) is 1.95. The van der Waals surface area contributed by atoms with Crippen molar-refractivity contribution in [1.29, 1.82) is 0 Å². The summed E-state index contributed by atoms with van der Waals surface area (Å²) in [6.07, 6.45) is -6.29. The zero-order valence-corrected chi connectivity index (χ0v) is 11.3. The highest BCUT2D eigenvalue weighted by Crippen LogP contribution is 2.36. The number of ketones is 1. The summed E-state index contributed by atoms with van der Waals surface area (Å²) in [7, 11) is 0. The van der Waals surface area contributed by atoms with Crippen molar-refractivity contribution in [3.05, 3.63) is 35.1 Å². The quantitative estimate of drug-likeness (QED) is 0.870. The molecule has 0 saturated carbocycles. The number of carbonyl (C=O) groups excluding carboxylic acids is 1. The molecule has 0 amide bonds. The van der Waals surface area contributed by atoms with Crippen LogP contribution in [0.3, 0.4) is 0 Å². The fourth-order valence-corrected chi connectivity index (χ4v) is 1.95. The molecule has 5 nitrogen and oxygen atoms in total. The molecule has 0 aromatic carbocycles. The van der Waals surface area contributed by atoms with Gasteiger partial charge in [-0.1, -0.05) is 0 Å². The van der Waals surface area contributed by atoms with Crippen LogP contribution in [0.4, 0.5) is 13.2 Å². The average molecular weight is 305 g/mol. The van der Waals surface area contributed by atoms with Crippen molar-refractivity contribution in [3.63, 3.8) is 0 Å². The number of ether oxygens (including phenoxy) is 1. The third kappa shape index (κ3) is 2.90. The summed E-state index contributed by atoms with van der Waals surface area (Å²) in [5.74, 6) is -1.04. The maximum absolute atomic E-state index is 13.1. The van der Waals surface area contributed by atoms with Gasteiger partial charge in [0, 0.05) is 0 Å². The van der Waals surface area contributed by atoms with E-state index in [2.05, 4.69) is 5.32 Å². The van der Waals surface area contributed by atoms with Crippen LogP contribution in [0.2, 0.25) is 0 Å². The molecule has 1 aromatic rings. The fraction of sp³-hybridized carbons (Fsp3) is 0.462. The molecule has 1 unspecified atom stereocenters. The van der Waals surface area contributed by atoms with Gasteiger partial charge in [-0.15, -0.1) is 0 Å². The van der Waals surface area contributed by atoms with Crippen molar-refractivity contribution in [2.75, 3.05) is 6.61 Å². The van der Waals surface area contributed by atoms with Gasteiger partial charge in [-0.2, -0.15) is 13.2 Å². The molecule has 1 aliphatic carbocycles. The summed E-state index contributed by atoms with van der Waals surface area (Å²) in [4.78, 5) is 11.4. The molecule has 116 valence electrons. The molecule has 0 bridgehead atoms. The maximum atomic E-state index is 13.1. The Hall–Kier alpha value is -1.96. The summed E-state index contributed by atoms with van der Waals surface area (Å²) in [5, 5.41) is 11.6. The van der Waals surface area contributed by atoms with Gasteiger partial charge in [0.25, 0.3) is 0 Å². The van der Waals surface area contributed by atoms with Crippen molar-refractivity contribution in [1.82, 2.24) is 5.32 Å². The van der Waals surface area contributed by atoms with Crippen molar-refractivity contribution >= 4 is 5.78 Å². The molecule has 2 N–H and O–H groups in total. The Kier molecular flexibility index (Phi) is 3.99. The van der Waals surface area contributed by atoms with Gasteiger partial charge in [0.2, 0.25) is 5.78 Å². The average Bonchev–Trinajstić information content (AvgIpc) is 2.82. The predicted octanol–water partition coefficient (Wildman–Crippen LogP) is 1.97. The molecular weight excluding hydrogens is 291 g/mol. The number of carbonyl (C=O) groups is 1. The molecule has 0 spiro atoms. The summed E-state index contributed by atoms with van der Waals surface area (Å²) in [5.41, 5.74) is -0.279. The third-order valence-corrected chi connectivity index (χ3v) is 2.95. The van der Waals surface area contributed by atoms with E-state index >= 15 is 0 Å². The number of aliphatic hydroxyl groups excluding tert-OH is 1. The lowest BCUT2D eigenvalue weighted by Crippen LogP contribution is -2.47. The van der Waals surface area contributed by atoms with Crippen LogP contribution < -0.4 is 5.32 Å². The molecule has 1 heterocycles. The zero-order valence-electron chi connectivity index (χ0n) is 11.3. The Morgan fingerprint density at radius 1 is 1.48 bits per heavy atom. The molecule has 21 heavy (non-hydrogen) atoms. The molecule has 0 saturated heterocycles. The highest BCUT2D eigenvalue weighted by Gasteiger charge is 2.48. The molecule has 8 heteroatoms. The molecule has 0 fully saturated rings. The molecule has 0 radical (unpaired) electrons. The monoisotopic (exact) mass is 305 g/mol. The van der Waals surface area contributed by atoms with Gasteiger partial charge >= 0.3 is 6.18 Å². The minimum atomic E-state index is -4.66. The van der Waals surface area contributed by atoms with Gasteiger partial charge in [0.15, 0.2) is 17.9 Å². The Bertz CT molecular complexity index is 576. The molecule has 0 aliphatic heterocycles. The highest BCUT2D eigenvalue weighted by atomic mass is 19.4. The smallest absolute Gasteiger partial charge is 0.415 e. The lowest BCUT2D eigenvalue weighted by atomic mass is 9.96. The second kappa shape index (κ2) is 5.44. The number of Topliss-reactive ketones (excluding diaryl/α,β-unsaturated/α-hetero) is 1. The predicted molar refractivity (Wildman–Crippen MR) is 65.0 cm³/mol. The van der Waals surface area contributed by atoms with Gasteiger partial charge < -0.3 is 19.6 Å². The standard InChI is InChI=1S/C13H14F3NO4/c1-3-20-11-8(9(18)10(11)19)17-12(13(14,15)16)7-5-4-6(2)21-7/h4-5,9,12,17-18H,3H2,1-2H3/t9?,12-/m1/s1. The Balaban J connectivity index is 2.30. The second-order valence-corrected chi connectivity index (χ2v) is 4.51. The lowest BCUT2D eigenvalue weighted by Gasteiger charge is -2.31. The van der Waals surface area contributed by atoms with Gasteiger partial charge in [-0.25, -0.2) is 0 Å². The number of halogens is 3. The molecule has 1 aromatic heterocycles. The van der Waals surface area contributed by atoms with Crippen LogP contribution in [0.1, 0.15) is 24.5 Å². The van der Waals surface area contributed by atoms with Crippen LogP contribution >= 0.6 is 0 Å². The molecule has 2 atom stereocenters. The first-order valence-corrected chi connectivity index (χ1v) is 6.24. The normalized spacial score (nSPS) is 20.3. The largest absolute Gasteiger partial charge is 0.488 e. The Morgan fingerprint density at radius 3 is 2.62 bits per heavy atom. The van der Waals surface area contributed by atoms with Gasteiger partial charge in [-0.05, 0) is 26.0 Å². The van der Waals surface area contributed by atoms with Crippen molar-refractivity contribution < 1.29 is 32.2 Å². The van der Waals surface area contributed by atoms with Crippen molar-refractivity contribution in [2.24, 2.45) is 0 Å². The maximum Gasteiger partial charge on any atom is 0.415 e. The zero-order chi connectivity index (χ0) is 15.8. The minimum absolute atomic E-state index is 0.107. The highest BCUT2D eigenvalue weighted by molar-refractivity contribution is 6.06. The molecular formula is C13H14F3NO4. The van der Waals surface area contributed by atoms with E-state index < -0.39 is 24.1 Å². The van der Waals surface area contributed by atoms with E-state index in [-0.39, 0.29) is 23.8 Å². The van der Waals surface area contributed by atoms with Crippen molar-refractivity contribution in [2.45, 2.75) is 32.2 Å². The van der Waals surface area contributed by atoms with E-state index in [1.54, 1.807) is 6.92 Å². The van der Waals surface area contributed by atoms with Crippen LogP contribution in [0.5, 0.6) is 0 Å². The van der Waals surface area contributed by atoms with E-state index in [4.69, 9.17) is 9.15 Å². The number of alkyl halides is 3. The van der Waals surface area contributed by atoms with Crippen molar-refractivity contribution in [3.8, 4) is 0 Å². The van der Waals surface area contributed by atoms with Gasteiger partial charge in [-0.3, -0.25) is 4.79 Å². The summed E-state index contributed by atoms with van der Waals surface area (Å²) < 4.78 is 49.3. The summed E-state index contributed by atoms with van der Waals surface area (Å²) >= 11 is 0. The van der Waals surface area contributed by atoms with Gasteiger partial charge in [0.05, 0.1) is 12.3 Å². The number of rotatable bonds is 5. The number of furan rings is 1. The first kappa shape index (κ1) is 15.4. The number of hydrogen-bond acceptors (Lipinski definition) is 5. The van der Waals surface area contributed by atoms with Gasteiger partial charge in [0.1, 0.15) is 11.5 Å². The Morgan fingerprint density at radius 2 is 2.14 bits per heavy atom. The van der Waals surface area contributed by atoms with E-state index in [9.17, 15) is 23.1 Å². The lowest BCUT2D eigenvalue weighted by molar-refractivity contribution is -0.162. The third-order valence-electron chi connectivity index (χ3n) is 2.95. The minimum Gasteiger partial charge on any atom is -0.488 e. The number of hydrogen-bond donors (Lipinski definition) is 2.